The van der Waals surface area contributed by atoms with Gasteiger partial charge in [0, 0.05) is 26.1 Å². The van der Waals surface area contributed by atoms with E-state index >= 15 is 0 Å². The van der Waals surface area contributed by atoms with Crippen LogP contribution in [0.1, 0.15) is 46.1 Å². The summed E-state index contributed by atoms with van der Waals surface area (Å²) in [6.45, 7) is 10.4. The van der Waals surface area contributed by atoms with E-state index in [9.17, 15) is 17.6 Å². The van der Waals surface area contributed by atoms with Crippen LogP contribution < -0.4 is 4.18 Å². The van der Waals surface area contributed by atoms with Crippen molar-refractivity contribution in [3.05, 3.63) is 59.9 Å². The van der Waals surface area contributed by atoms with Crippen molar-refractivity contribution in [2.45, 2.75) is 52.0 Å². The first kappa shape index (κ1) is 27.8. The second-order valence-corrected chi connectivity index (χ2v) is 11.9. The second kappa shape index (κ2) is 11.8. The number of rotatable bonds is 11. The van der Waals surface area contributed by atoms with Crippen molar-refractivity contribution in [1.82, 2.24) is 9.80 Å². The molecule has 0 bridgehead atoms. The van der Waals surface area contributed by atoms with Crippen LogP contribution in [0.15, 0.2) is 53.4 Å². The Morgan fingerprint density at radius 2 is 1.59 bits per heavy atom. The number of nitrogens with zero attached hydrogens (tertiary/aromatic N) is 2. The van der Waals surface area contributed by atoms with Gasteiger partial charge < -0.3 is 14.0 Å². The average molecular weight is 493 g/mol. The maximum atomic E-state index is 13.1. The van der Waals surface area contributed by atoms with Gasteiger partial charge >= 0.3 is 10.1 Å². The average Bonchev–Trinajstić information content (AvgIpc) is 2.70. The van der Waals surface area contributed by atoms with Gasteiger partial charge in [0.2, 0.25) is 5.91 Å². The van der Waals surface area contributed by atoms with Crippen molar-refractivity contribution >= 4 is 16.0 Å². The molecule has 34 heavy (non-hydrogen) atoms. The van der Waals surface area contributed by atoms with E-state index in [0.29, 0.717) is 19.5 Å². The Morgan fingerprint density at radius 1 is 1.00 bits per heavy atom. The van der Waals surface area contributed by atoms with Crippen molar-refractivity contribution in [2.24, 2.45) is 11.3 Å². The van der Waals surface area contributed by atoms with Crippen LogP contribution in [0.3, 0.4) is 0 Å². The highest BCUT2D eigenvalue weighted by molar-refractivity contribution is 7.87. The summed E-state index contributed by atoms with van der Waals surface area (Å²) in [5.74, 6) is 0.0159. The molecular weight excluding hydrogens is 455 g/mol. The van der Waals surface area contributed by atoms with Gasteiger partial charge in [0.05, 0.1) is 0 Å². The van der Waals surface area contributed by atoms with Crippen molar-refractivity contribution < 1.29 is 21.8 Å². The summed E-state index contributed by atoms with van der Waals surface area (Å²) >= 11 is 0. The third-order valence-electron chi connectivity index (χ3n) is 5.26. The molecule has 0 N–H and O–H groups in total. The number of benzene rings is 2. The van der Waals surface area contributed by atoms with Crippen molar-refractivity contribution in [3.8, 4) is 5.75 Å². The zero-order valence-electron chi connectivity index (χ0n) is 21.0. The molecule has 0 heterocycles. The van der Waals surface area contributed by atoms with Crippen molar-refractivity contribution in [2.75, 3.05) is 27.2 Å². The summed E-state index contributed by atoms with van der Waals surface area (Å²) in [4.78, 5) is 16.8. The zero-order chi connectivity index (χ0) is 25.5. The minimum absolute atomic E-state index is 0.109. The first-order valence-electron chi connectivity index (χ1n) is 11.5. The molecule has 0 fully saturated rings. The van der Waals surface area contributed by atoms with Crippen LogP contribution in [-0.2, 0) is 21.5 Å². The van der Waals surface area contributed by atoms with Crippen LogP contribution in [-0.4, -0.2) is 51.3 Å². The molecule has 6 nitrogen and oxygen atoms in total. The Labute approximate surface area is 203 Å². The molecule has 0 saturated heterocycles. The van der Waals surface area contributed by atoms with Crippen molar-refractivity contribution in [3.63, 3.8) is 0 Å². The highest BCUT2D eigenvalue weighted by atomic mass is 32.2. The van der Waals surface area contributed by atoms with Crippen LogP contribution in [0.2, 0.25) is 0 Å². The Bertz CT molecular complexity index is 1030. The Hall–Kier alpha value is -2.45. The number of carbonyl (C=O) groups excluding carboxylic acids is 1. The third-order valence-corrected chi connectivity index (χ3v) is 6.52. The van der Waals surface area contributed by atoms with Crippen LogP contribution in [0.25, 0.3) is 0 Å². The number of amides is 1. The molecule has 0 aliphatic heterocycles. The van der Waals surface area contributed by atoms with E-state index in [2.05, 4.69) is 27.7 Å². The van der Waals surface area contributed by atoms with Crippen LogP contribution in [0.5, 0.6) is 5.75 Å². The van der Waals surface area contributed by atoms with Gasteiger partial charge in [-0.3, -0.25) is 4.79 Å². The van der Waals surface area contributed by atoms with Crippen LogP contribution in [0, 0.1) is 17.2 Å². The molecule has 0 radical (unpaired) electrons. The summed E-state index contributed by atoms with van der Waals surface area (Å²) in [7, 11) is -0.121. The number of halogens is 1. The lowest BCUT2D eigenvalue weighted by molar-refractivity contribution is -0.133. The van der Waals surface area contributed by atoms with E-state index in [1.165, 1.54) is 0 Å². The Balaban J connectivity index is 2.08. The predicted molar refractivity (Wildman–Crippen MR) is 132 cm³/mol. The lowest BCUT2D eigenvalue weighted by atomic mass is 9.84. The molecule has 8 heteroatoms. The zero-order valence-corrected chi connectivity index (χ0v) is 21.9. The SMILES string of the molecule is C[C@H](CC(=O)N(CCN(C)C)Cc1ccc(OS(=O)(=O)c2ccc(F)cc2)cc1)CC(C)(C)C. The first-order chi connectivity index (χ1) is 15.7. The Morgan fingerprint density at radius 3 is 2.12 bits per heavy atom. The molecular formula is C26H37FN2O4S. The third kappa shape index (κ3) is 9.43. The van der Waals surface area contributed by atoms with E-state index in [1.807, 2.05) is 23.9 Å². The van der Waals surface area contributed by atoms with Crippen molar-refractivity contribution in [1.29, 1.82) is 0 Å². The van der Waals surface area contributed by atoms with Gasteiger partial charge in [-0.1, -0.05) is 39.8 Å². The van der Waals surface area contributed by atoms with Gasteiger partial charge in [-0.25, -0.2) is 4.39 Å². The van der Waals surface area contributed by atoms with Gasteiger partial charge in [0.25, 0.3) is 0 Å². The number of hydrogen-bond acceptors (Lipinski definition) is 5. The van der Waals surface area contributed by atoms with Crippen LogP contribution >= 0.6 is 0 Å². The maximum absolute atomic E-state index is 13.1. The first-order valence-corrected chi connectivity index (χ1v) is 12.9. The Kier molecular flexibility index (Phi) is 9.64. The lowest BCUT2D eigenvalue weighted by Gasteiger charge is -2.28. The molecule has 1 amide bonds. The summed E-state index contributed by atoms with van der Waals surface area (Å²) in [6, 6.07) is 11.1. The van der Waals surface area contributed by atoms with E-state index in [4.69, 9.17) is 4.18 Å². The minimum atomic E-state index is -4.06. The fraction of sp³-hybridized carbons (Fsp3) is 0.500. The van der Waals surface area contributed by atoms with Gasteiger partial charge in [-0.2, -0.15) is 8.42 Å². The largest absolute Gasteiger partial charge is 0.379 e. The lowest BCUT2D eigenvalue weighted by Crippen LogP contribution is -2.37. The summed E-state index contributed by atoms with van der Waals surface area (Å²) in [5.41, 5.74) is 1.04. The normalized spacial score (nSPS) is 13.1. The highest BCUT2D eigenvalue weighted by Gasteiger charge is 2.22. The topological polar surface area (TPSA) is 66.9 Å². The predicted octanol–water partition coefficient (Wildman–Crippen LogP) is 4.95. The molecule has 1 atom stereocenters. The van der Waals surface area contributed by atoms with Gasteiger partial charge in [0.1, 0.15) is 16.5 Å². The van der Waals surface area contributed by atoms with Crippen LogP contribution in [0.4, 0.5) is 4.39 Å². The molecule has 0 aliphatic carbocycles. The van der Waals surface area contributed by atoms with E-state index in [-0.39, 0.29) is 27.9 Å². The van der Waals surface area contributed by atoms with Gasteiger partial charge in [-0.05, 0) is 73.8 Å². The fourth-order valence-electron chi connectivity index (χ4n) is 3.80. The monoisotopic (exact) mass is 492 g/mol. The summed E-state index contributed by atoms with van der Waals surface area (Å²) < 4.78 is 43.1. The molecule has 0 aromatic heterocycles. The highest BCUT2D eigenvalue weighted by Crippen LogP contribution is 2.27. The molecule has 0 saturated carbocycles. The molecule has 2 aromatic rings. The number of likely N-dealkylation sites (N-methyl/N-ethyl adjacent to an activating group) is 1. The molecule has 2 aromatic carbocycles. The van der Waals surface area contributed by atoms with Gasteiger partial charge in [-0.15, -0.1) is 0 Å². The smallest absolute Gasteiger partial charge is 0.339 e. The standard InChI is InChI=1S/C26H37FN2O4S/c1-20(18-26(2,3)4)17-25(30)29(16-15-28(5)6)19-21-7-11-23(12-8-21)33-34(31,32)24-13-9-22(27)10-14-24/h7-14,20H,15-19H2,1-6H3/t20-/m1/s1. The molecule has 188 valence electrons. The maximum Gasteiger partial charge on any atom is 0.339 e. The number of carbonyl (C=O) groups is 1. The quantitative estimate of drug-likeness (QED) is 0.416. The van der Waals surface area contributed by atoms with E-state index in [0.717, 1.165) is 42.8 Å². The van der Waals surface area contributed by atoms with E-state index < -0.39 is 15.9 Å². The molecule has 2 rings (SSSR count). The number of hydrogen-bond donors (Lipinski definition) is 0. The van der Waals surface area contributed by atoms with E-state index in [1.54, 1.807) is 24.3 Å². The molecule has 0 aliphatic rings. The van der Waals surface area contributed by atoms with Gasteiger partial charge in [0.15, 0.2) is 0 Å². The molecule has 0 spiro atoms. The second-order valence-electron chi connectivity index (χ2n) is 10.3. The minimum Gasteiger partial charge on any atom is -0.379 e. The summed E-state index contributed by atoms with van der Waals surface area (Å²) in [5, 5.41) is 0. The molecule has 0 unspecified atom stereocenters. The fourth-order valence-corrected chi connectivity index (χ4v) is 4.73. The summed E-state index contributed by atoms with van der Waals surface area (Å²) in [6.07, 6.45) is 1.45.